The molecular weight excluding hydrogens is 320 g/mol. The fourth-order valence-corrected chi connectivity index (χ4v) is 3.07. The van der Waals surface area contributed by atoms with E-state index in [2.05, 4.69) is 41.8 Å². The maximum absolute atomic E-state index is 12.2. The van der Waals surface area contributed by atoms with Crippen LogP contribution in [0.5, 0.6) is 0 Å². The smallest absolute Gasteiger partial charge is 0.224 e. The quantitative estimate of drug-likeness (QED) is 0.892. The Labute approximate surface area is 150 Å². The fraction of sp³-hybridized carbons (Fsp3) is 0.350. The van der Waals surface area contributed by atoms with Gasteiger partial charge in [0.15, 0.2) is 0 Å². The molecule has 1 fully saturated rings. The van der Waals surface area contributed by atoms with Crippen molar-refractivity contribution in [2.45, 2.75) is 25.8 Å². The zero-order valence-electron chi connectivity index (χ0n) is 14.0. The van der Waals surface area contributed by atoms with E-state index in [0.717, 1.165) is 25.1 Å². The molecule has 0 bridgehead atoms. The highest BCUT2D eigenvalue weighted by Crippen LogP contribution is 2.19. The van der Waals surface area contributed by atoms with Crippen LogP contribution in [0.3, 0.4) is 0 Å². The van der Waals surface area contributed by atoms with E-state index in [9.17, 15) is 4.79 Å². The molecule has 1 heterocycles. The number of benzene rings is 2. The Hall–Kier alpha value is -1.84. The van der Waals surface area contributed by atoms with Crippen LogP contribution in [-0.2, 0) is 11.2 Å². The highest BCUT2D eigenvalue weighted by molar-refractivity contribution is 5.85. The molecule has 3 rings (SSSR count). The number of nitrogens with one attached hydrogen (secondary N) is 2. The normalized spacial score (nSPS) is 20.0. The summed E-state index contributed by atoms with van der Waals surface area (Å²) in [5.74, 6) is 0.652. The van der Waals surface area contributed by atoms with Gasteiger partial charge in [0, 0.05) is 12.6 Å². The number of piperidine rings is 1. The SMILES string of the molecule is CC1CCNCC1NC(=O)Cc1ccc(-c2ccccc2)cc1.Cl. The van der Waals surface area contributed by atoms with Gasteiger partial charge in [0.05, 0.1) is 6.42 Å². The molecule has 1 aliphatic rings. The maximum atomic E-state index is 12.2. The maximum Gasteiger partial charge on any atom is 0.224 e. The lowest BCUT2D eigenvalue weighted by Gasteiger charge is -2.30. The summed E-state index contributed by atoms with van der Waals surface area (Å²) >= 11 is 0. The number of hydrogen-bond donors (Lipinski definition) is 2. The van der Waals surface area contributed by atoms with Crippen molar-refractivity contribution in [2.75, 3.05) is 13.1 Å². The van der Waals surface area contributed by atoms with E-state index < -0.39 is 0 Å². The number of halogens is 1. The average molecular weight is 345 g/mol. The van der Waals surface area contributed by atoms with Crippen LogP contribution >= 0.6 is 12.4 Å². The largest absolute Gasteiger partial charge is 0.352 e. The lowest BCUT2D eigenvalue weighted by Crippen LogP contribution is -2.50. The number of carbonyl (C=O) groups excluding carboxylic acids is 1. The van der Waals surface area contributed by atoms with Crippen molar-refractivity contribution in [3.63, 3.8) is 0 Å². The lowest BCUT2D eigenvalue weighted by atomic mass is 9.94. The van der Waals surface area contributed by atoms with Gasteiger partial charge >= 0.3 is 0 Å². The summed E-state index contributed by atoms with van der Waals surface area (Å²) in [5, 5.41) is 6.51. The molecule has 0 aliphatic carbocycles. The number of hydrogen-bond acceptors (Lipinski definition) is 2. The van der Waals surface area contributed by atoms with E-state index in [1.165, 1.54) is 11.1 Å². The molecule has 0 spiro atoms. The van der Waals surface area contributed by atoms with Gasteiger partial charge in [-0.2, -0.15) is 0 Å². The third-order valence-corrected chi connectivity index (χ3v) is 4.60. The predicted octanol–water partition coefficient (Wildman–Crippen LogP) is 3.43. The first-order chi connectivity index (χ1) is 11.2. The van der Waals surface area contributed by atoms with Gasteiger partial charge in [-0.05, 0) is 35.6 Å². The molecule has 0 aromatic heterocycles. The molecule has 0 radical (unpaired) electrons. The van der Waals surface area contributed by atoms with Crippen LogP contribution in [0.15, 0.2) is 54.6 Å². The minimum Gasteiger partial charge on any atom is -0.352 e. The van der Waals surface area contributed by atoms with E-state index in [1.807, 2.05) is 30.3 Å². The molecule has 1 amide bonds. The molecule has 1 aliphatic heterocycles. The van der Waals surface area contributed by atoms with Gasteiger partial charge in [-0.15, -0.1) is 12.4 Å². The van der Waals surface area contributed by atoms with Crippen LogP contribution in [-0.4, -0.2) is 25.0 Å². The molecule has 24 heavy (non-hydrogen) atoms. The molecule has 2 aromatic carbocycles. The van der Waals surface area contributed by atoms with Gasteiger partial charge < -0.3 is 10.6 Å². The number of rotatable bonds is 4. The van der Waals surface area contributed by atoms with Crippen molar-refractivity contribution >= 4 is 18.3 Å². The summed E-state index contributed by atoms with van der Waals surface area (Å²) in [5.41, 5.74) is 3.43. The van der Waals surface area contributed by atoms with Crippen LogP contribution in [0.25, 0.3) is 11.1 Å². The molecule has 128 valence electrons. The summed E-state index contributed by atoms with van der Waals surface area (Å²) in [7, 11) is 0. The Morgan fingerprint density at radius 2 is 1.75 bits per heavy atom. The van der Waals surface area contributed by atoms with Gasteiger partial charge in [-0.1, -0.05) is 61.5 Å². The van der Waals surface area contributed by atoms with Crippen LogP contribution in [0.2, 0.25) is 0 Å². The Bertz CT molecular complexity index is 642. The second-order valence-corrected chi connectivity index (χ2v) is 6.38. The molecule has 2 N–H and O–H groups in total. The van der Waals surface area contributed by atoms with Crippen LogP contribution in [0.1, 0.15) is 18.9 Å². The highest BCUT2D eigenvalue weighted by Gasteiger charge is 2.22. The first-order valence-electron chi connectivity index (χ1n) is 8.37. The van der Waals surface area contributed by atoms with Gasteiger partial charge in [0.25, 0.3) is 0 Å². The van der Waals surface area contributed by atoms with Gasteiger partial charge in [0.1, 0.15) is 0 Å². The highest BCUT2D eigenvalue weighted by atomic mass is 35.5. The molecule has 2 aromatic rings. The van der Waals surface area contributed by atoms with E-state index in [4.69, 9.17) is 0 Å². The van der Waals surface area contributed by atoms with Crippen LogP contribution < -0.4 is 10.6 Å². The third-order valence-electron chi connectivity index (χ3n) is 4.60. The summed E-state index contributed by atoms with van der Waals surface area (Å²) in [4.78, 5) is 12.2. The minimum atomic E-state index is 0. The molecule has 1 saturated heterocycles. The fourth-order valence-electron chi connectivity index (χ4n) is 3.07. The predicted molar refractivity (Wildman–Crippen MR) is 101 cm³/mol. The zero-order chi connectivity index (χ0) is 16.1. The van der Waals surface area contributed by atoms with Crippen molar-refractivity contribution in [3.8, 4) is 11.1 Å². The minimum absolute atomic E-state index is 0. The Kier molecular flexibility index (Phi) is 6.83. The Morgan fingerprint density at radius 1 is 1.08 bits per heavy atom. The second kappa shape index (κ2) is 8.86. The van der Waals surface area contributed by atoms with Crippen LogP contribution in [0.4, 0.5) is 0 Å². The molecule has 2 unspecified atom stereocenters. The first kappa shape index (κ1) is 18.5. The van der Waals surface area contributed by atoms with Gasteiger partial charge in [0.2, 0.25) is 5.91 Å². The monoisotopic (exact) mass is 344 g/mol. The standard InChI is InChI=1S/C20H24N2O.ClH/c1-15-11-12-21-14-19(15)22-20(23)13-16-7-9-18(10-8-16)17-5-3-2-4-6-17;/h2-10,15,19,21H,11-14H2,1H3,(H,22,23);1H. The third kappa shape index (κ3) is 4.83. The number of amides is 1. The second-order valence-electron chi connectivity index (χ2n) is 6.38. The average Bonchev–Trinajstić information content (AvgIpc) is 2.58. The summed E-state index contributed by atoms with van der Waals surface area (Å²) in [6.45, 7) is 4.13. The summed E-state index contributed by atoms with van der Waals surface area (Å²) in [6.07, 6.45) is 1.56. The van der Waals surface area contributed by atoms with E-state index in [-0.39, 0.29) is 24.4 Å². The molecular formula is C20H25ClN2O. The van der Waals surface area contributed by atoms with Gasteiger partial charge in [-0.3, -0.25) is 4.79 Å². The van der Waals surface area contributed by atoms with Crippen LogP contribution in [0, 0.1) is 5.92 Å². The van der Waals surface area contributed by atoms with Crippen molar-refractivity contribution in [1.29, 1.82) is 0 Å². The van der Waals surface area contributed by atoms with Crippen molar-refractivity contribution in [2.24, 2.45) is 5.92 Å². The molecule has 0 saturated carbocycles. The van der Waals surface area contributed by atoms with Gasteiger partial charge in [-0.25, -0.2) is 0 Å². The Balaban J connectivity index is 0.00000208. The molecule has 3 nitrogen and oxygen atoms in total. The van der Waals surface area contributed by atoms with E-state index in [0.29, 0.717) is 12.3 Å². The first-order valence-corrected chi connectivity index (χ1v) is 8.37. The number of carbonyl (C=O) groups is 1. The van der Waals surface area contributed by atoms with Crippen molar-refractivity contribution in [1.82, 2.24) is 10.6 Å². The lowest BCUT2D eigenvalue weighted by molar-refractivity contribution is -0.121. The van der Waals surface area contributed by atoms with E-state index in [1.54, 1.807) is 0 Å². The summed E-state index contributed by atoms with van der Waals surface area (Å²) < 4.78 is 0. The Morgan fingerprint density at radius 3 is 2.42 bits per heavy atom. The zero-order valence-corrected chi connectivity index (χ0v) is 14.8. The van der Waals surface area contributed by atoms with Crippen molar-refractivity contribution < 1.29 is 4.79 Å². The summed E-state index contributed by atoms with van der Waals surface area (Å²) in [6, 6.07) is 18.8. The van der Waals surface area contributed by atoms with Crippen molar-refractivity contribution in [3.05, 3.63) is 60.2 Å². The molecule has 4 heteroatoms. The van der Waals surface area contributed by atoms with E-state index >= 15 is 0 Å². The topological polar surface area (TPSA) is 41.1 Å². The molecule has 2 atom stereocenters.